The molecule has 3 nitrogen and oxygen atoms in total. The van der Waals surface area contributed by atoms with Crippen molar-refractivity contribution in [1.82, 2.24) is 10.6 Å². The zero-order chi connectivity index (χ0) is 13.5. The molecule has 1 heterocycles. The van der Waals surface area contributed by atoms with E-state index < -0.39 is 0 Å². The van der Waals surface area contributed by atoms with Crippen LogP contribution in [0.2, 0.25) is 4.34 Å². The summed E-state index contributed by atoms with van der Waals surface area (Å²) >= 11 is 10.9. The van der Waals surface area contributed by atoms with Crippen LogP contribution >= 0.6 is 38.9 Å². The minimum atomic E-state index is 0.0987. The van der Waals surface area contributed by atoms with Crippen molar-refractivity contribution in [2.75, 3.05) is 13.1 Å². The largest absolute Gasteiger partial charge is 0.356 e. The smallest absolute Gasteiger partial charge is 0.221 e. The first-order chi connectivity index (χ1) is 8.49. The van der Waals surface area contributed by atoms with Gasteiger partial charge >= 0.3 is 0 Å². The molecular weight excluding hydrogens is 336 g/mol. The number of nitrogens with one attached hydrogen (secondary N) is 2. The van der Waals surface area contributed by atoms with Crippen molar-refractivity contribution in [2.45, 2.75) is 26.8 Å². The first-order valence-electron chi connectivity index (χ1n) is 5.90. The van der Waals surface area contributed by atoms with E-state index in [-0.39, 0.29) is 5.91 Å². The fraction of sp³-hybridized carbons (Fsp3) is 0.583. The van der Waals surface area contributed by atoms with Gasteiger partial charge in [-0.25, -0.2) is 0 Å². The van der Waals surface area contributed by atoms with Crippen LogP contribution in [0.3, 0.4) is 0 Å². The summed E-state index contributed by atoms with van der Waals surface area (Å²) in [6.45, 7) is 6.32. The fourth-order valence-electron chi connectivity index (χ4n) is 1.30. The van der Waals surface area contributed by atoms with Crippen LogP contribution in [0.15, 0.2) is 10.5 Å². The third-order valence-electron chi connectivity index (χ3n) is 2.23. The molecule has 0 unspecified atom stereocenters. The van der Waals surface area contributed by atoms with E-state index >= 15 is 0 Å². The Bertz CT molecular complexity index is 376. The van der Waals surface area contributed by atoms with E-state index in [1.807, 2.05) is 6.07 Å². The Balaban J connectivity index is 2.13. The van der Waals surface area contributed by atoms with E-state index in [2.05, 4.69) is 40.4 Å². The molecule has 0 aliphatic heterocycles. The Morgan fingerprint density at radius 3 is 2.83 bits per heavy atom. The zero-order valence-electron chi connectivity index (χ0n) is 10.6. The van der Waals surface area contributed by atoms with Gasteiger partial charge in [0.15, 0.2) is 0 Å². The molecule has 0 bridgehead atoms. The predicted octanol–water partition coefficient (Wildman–Crippen LogP) is 3.42. The number of carbonyl (C=O) groups excluding carboxylic acids is 1. The first-order valence-corrected chi connectivity index (χ1v) is 7.89. The van der Waals surface area contributed by atoms with Crippen molar-refractivity contribution >= 4 is 44.8 Å². The van der Waals surface area contributed by atoms with Gasteiger partial charge in [0.05, 0.1) is 0 Å². The van der Waals surface area contributed by atoms with Gasteiger partial charge in [-0.3, -0.25) is 4.79 Å². The summed E-state index contributed by atoms with van der Waals surface area (Å²) < 4.78 is 1.70. The van der Waals surface area contributed by atoms with Crippen LogP contribution in [0, 0.1) is 5.92 Å². The van der Waals surface area contributed by atoms with Crippen LogP contribution in [0.1, 0.15) is 25.1 Å². The van der Waals surface area contributed by atoms with Crippen molar-refractivity contribution in [1.29, 1.82) is 0 Å². The summed E-state index contributed by atoms with van der Waals surface area (Å²) in [7, 11) is 0. The number of carbonyl (C=O) groups is 1. The van der Waals surface area contributed by atoms with Gasteiger partial charge < -0.3 is 10.6 Å². The average molecular weight is 354 g/mol. The fourth-order valence-corrected chi connectivity index (χ4v) is 3.06. The highest BCUT2D eigenvalue weighted by Crippen LogP contribution is 2.31. The van der Waals surface area contributed by atoms with Crippen LogP contribution < -0.4 is 10.6 Å². The molecule has 2 N–H and O–H groups in total. The molecule has 0 aliphatic rings. The number of thiophene rings is 1. The topological polar surface area (TPSA) is 41.1 Å². The van der Waals surface area contributed by atoms with E-state index in [0.717, 1.165) is 26.8 Å². The molecule has 18 heavy (non-hydrogen) atoms. The van der Waals surface area contributed by atoms with Gasteiger partial charge in [0, 0.05) is 35.4 Å². The normalized spacial score (nSPS) is 10.9. The monoisotopic (exact) mass is 352 g/mol. The number of hydrogen-bond acceptors (Lipinski definition) is 3. The van der Waals surface area contributed by atoms with Crippen LogP contribution in [0.5, 0.6) is 0 Å². The molecule has 102 valence electrons. The number of amides is 1. The Kier molecular flexibility index (Phi) is 7.22. The molecule has 0 aromatic carbocycles. The number of rotatable bonds is 7. The summed E-state index contributed by atoms with van der Waals surface area (Å²) in [5.41, 5.74) is 0. The van der Waals surface area contributed by atoms with E-state index in [0.29, 0.717) is 18.9 Å². The lowest BCUT2D eigenvalue weighted by Crippen LogP contribution is -2.30. The van der Waals surface area contributed by atoms with Crippen molar-refractivity contribution in [3.63, 3.8) is 0 Å². The summed E-state index contributed by atoms with van der Waals surface area (Å²) in [6.07, 6.45) is 0.507. The van der Waals surface area contributed by atoms with Gasteiger partial charge in [0.2, 0.25) is 5.91 Å². The third kappa shape index (κ3) is 6.18. The van der Waals surface area contributed by atoms with Crippen LogP contribution in [0.4, 0.5) is 0 Å². The minimum absolute atomic E-state index is 0.0987. The molecule has 1 rings (SSSR count). The Morgan fingerprint density at radius 1 is 1.56 bits per heavy atom. The van der Waals surface area contributed by atoms with Crippen molar-refractivity contribution in [3.8, 4) is 0 Å². The summed E-state index contributed by atoms with van der Waals surface area (Å²) in [5, 5.41) is 6.12. The van der Waals surface area contributed by atoms with Crippen molar-refractivity contribution in [2.24, 2.45) is 5.92 Å². The molecule has 1 amide bonds. The summed E-state index contributed by atoms with van der Waals surface area (Å²) in [5.74, 6) is 0.592. The van der Waals surface area contributed by atoms with Crippen LogP contribution in [-0.2, 0) is 11.3 Å². The molecule has 1 aromatic rings. The average Bonchev–Trinajstić information content (AvgIpc) is 2.62. The van der Waals surface area contributed by atoms with E-state index in [1.54, 1.807) is 11.3 Å². The van der Waals surface area contributed by atoms with Crippen LogP contribution in [0.25, 0.3) is 0 Å². The predicted molar refractivity (Wildman–Crippen MR) is 81.2 cm³/mol. The number of halogens is 2. The van der Waals surface area contributed by atoms with Crippen molar-refractivity contribution < 1.29 is 4.79 Å². The molecule has 0 radical (unpaired) electrons. The standard InChI is InChI=1S/C12H18BrClN2OS/c1-8(2)6-16-11(17)3-4-15-7-9-5-10(13)12(14)18-9/h5,8,15H,3-4,6-7H2,1-2H3,(H,16,17). The second-order valence-corrected chi connectivity index (χ2v) is 7.05. The van der Waals surface area contributed by atoms with Gasteiger partial charge in [-0.1, -0.05) is 25.4 Å². The van der Waals surface area contributed by atoms with E-state index in [4.69, 9.17) is 11.6 Å². The van der Waals surface area contributed by atoms with Gasteiger partial charge in [-0.2, -0.15) is 0 Å². The highest BCUT2D eigenvalue weighted by Gasteiger charge is 2.05. The maximum atomic E-state index is 11.4. The SMILES string of the molecule is CC(C)CNC(=O)CCNCc1cc(Br)c(Cl)s1. The zero-order valence-corrected chi connectivity index (χ0v) is 13.7. The summed E-state index contributed by atoms with van der Waals surface area (Å²) in [6, 6.07) is 2.00. The summed E-state index contributed by atoms with van der Waals surface area (Å²) in [4.78, 5) is 12.6. The molecular formula is C12H18BrClN2OS. The first kappa shape index (κ1) is 16.0. The van der Waals surface area contributed by atoms with Gasteiger partial charge in [-0.15, -0.1) is 11.3 Å². The molecule has 0 atom stereocenters. The van der Waals surface area contributed by atoms with E-state index in [1.165, 1.54) is 0 Å². The number of hydrogen-bond donors (Lipinski definition) is 2. The highest BCUT2D eigenvalue weighted by atomic mass is 79.9. The lowest BCUT2D eigenvalue weighted by atomic mass is 10.2. The Labute approximate surface area is 125 Å². The molecule has 0 fully saturated rings. The van der Waals surface area contributed by atoms with Gasteiger partial charge in [0.1, 0.15) is 4.34 Å². The van der Waals surface area contributed by atoms with Crippen molar-refractivity contribution in [3.05, 3.63) is 19.8 Å². The van der Waals surface area contributed by atoms with Crippen LogP contribution in [-0.4, -0.2) is 19.0 Å². The minimum Gasteiger partial charge on any atom is -0.356 e. The van der Waals surface area contributed by atoms with E-state index in [9.17, 15) is 4.79 Å². The molecule has 1 aromatic heterocycles. The Morgan fingerprint density at radius 2 is 2.28 bits per heavy atom. The lowest BCUT2D eigenvalue weighted by Gasteiger charge is -2.07. The maximum Gasteiger partial charge on any atom is 0.221 e. The molecule has 0 spiro atoms. The highest BCUT2D eigenvalue weighted by molar-refractivity contribution is 9.10. The Hall–Kier alpha value is -0.100. The second-order valence-electron chi connectivity index (χ2n) is 4.46. The van der Waals surface area contributed by atoms with Gasteiger partial charge in [-0.05, 0) is 27.9 Å². The maximum absolute atomic E-state index is 11.4. The molecule has 0 saturated carbocycles. The van der Waals surface area contributed by atoms with Gasteiger partial charge in [0.25, 0.3) is 0 Å². The molecule has 0 aliphatic carbocycles. The molecule has 6 heteroatoms. The second kappa shape index (κ2) is 8.15. The quantitative estimate of drug-likeness (QED) is 0.738. The molecule has 0 saturated heterocycles. The third-order valence-corrected chi connectivity index (χ3v) is 4.71. The lowest BCUT2D eigenvalue weighted by molar-refractivity contribution is -0.121.